The smallest absolute Gasteiger partial charge is 0.315 e. The Morgan fingerprint density at radius 3 is 2.88 bits per heavy atom. The third kappa shape index (κ3) is 3.85. The molecule has 2 heterocycles. The summed E-state index contributed by atoms with van der Waals surface area (Å²) in [7, 11) is 0. The van der Waals surface area contributed by atoms with Crippen LogP contribution in [0.4, 0.5) is 4.79 Å². The number of hydrogen-bond donors (Lipinski definition) is 2. The molecule has 0 fully saturated rings. The summed E-state index contributed by atoms with van der Waals surface area (Å²) in [4.78, 5) is 16.5. The molecule has 0 saturated carbocycles. The predicted octanol–water partition coefficient (Wildman–Crippen LogP) is 3.75. The van der Waals surface area contributed by atoms with E-state index in [1.807, 2.05) is 36.4 Å². The molecule has 0 bridgehead atoms. The molecule has 2 amide bonds. The van der Waals surface area contributed by atoms with Crippen LogP contribution in [0.25, 0.3) is 0 Å². The normalized spacial score (nSPS) is 17.8. The fraction of sp³-hybridized carbons (Fsp3) is 0.368. The molecule has 1 aromatic carbocycles. The van der Waals surface area contributed by atoms with E-state index in [-0.39, 0.29) is 18.1 Å². The van der Waals surface area contributed by atoms with Crippen molar-refractivity contribution >= 4 is 6.03 Å². The molecular weight excluding hydrogens is 302 g/mol. The van der Waals surface area contributed by atoms with Crippen molar-refractivity contribution in [1.82, 2.24) is 15.6 Å². The van der Waals surface area contributed by atoms with Crippen LogP contribution in [-0.2, 0) is 0 Å². The van der Waals surface area contributed by atoms with Crippen molar-refractivity contribution in [2.24, 2.45) is 0 Å². The van der Waals surface area contributed by atoms with E-state index < -0.39 is 0 Å². The van der Waals surface area contributed by atoms with Crippen molar-refractivity contribution in [3.63, 3.8) is 0 Å². The van der Waals surface area contributed by atoms with Crippen LogP contribution in [0.5, 0.6) is 5.75 Å². The molecule has 0 radical (unpaired) electrons. The summed E-state index contributed by atoms with van der Waals surface area (Å²) in [5.74, 6) is 0.862. The molecule has 2 N–H and O–H groups in total. The number of carbonyl (C=O) groups excluding carboxylic acids is 1. The SMILES string of the molecule is CCC(NC(=O)NC1CCCOc2ccccc21)c1ccncc1. The third-order valence-electron chi connectivity index (χ3n) is 4.32. The highest BCUT2D eigenvalue weighted by atomic mass is 16.5. The lowest BCUT2D eigenvalue weighted by Crippen LogP contribution is -2.39. The number of ether oxygens (including phenoxy) is 1. The van der Waals surface area contributed by atoms with Gasteiger partial charge in [-0.1, -0.05) is 25.1 Å². The zero-order valence-corrected chi connectivity index (χ0v) is 13.9. The van der Waals surface area contributed by atoms with E-state index in [2.05, 4.69) is 22.5 Å². The molecule has 1 aromatic heterocycles. The maximum atomic E-state index is 12.5. The minimum Gasteiger partial charge on any atom is -0.493 e. The quantitative estimate of drug-likeness (QED) is 0.900. The van der Waals surface area contributed by atoms with Gasteiger partial charge in [0, 0.05) is 18.0 Å². The number of nitrogens with one attached hydrogen (secondary N) is 2. The van der Waals surface area contributed by atoms with Crippen LogP contribution in [-0.4, -0.2) is 17.6 Å². The summed E-state index contributed by atoms with van der Waals surface area (Å²) >= 11 is 0. The van der Waals surface area contributed by atoms with Crippen LogP contribution in [0.1, 0.15) is 49.4 Å². The summed E-state index contributed by atoms with van der Waals surface area (Å²) in [6.45, 7) is 2.74. The Morgan fingerprint density at radius 2 is 2.08 bits per heavy atom. The van der Waals surface area contributed by atoms with Gasteiger partial charge in [0.15, 0.2) is 0 Å². The Balaban J connectivity index is 1.68. The third-order valence-corrected chi connectivity index (χ3v) is 4.32. The lowest BCUT2D eigenvalue weighted by molar-refractivity contribution is 0.232. The van der Waals surface area contributed by atoms with E-state index in [0.29, 0.717) is 6.61 Å². The maximum absolute atomic E-state index is 12.5. The standard InChI is InChI=1S/C19H23N3O2/c1-2-16(14-9-11-20-12-10-14)21-19(23)22-17-7-5-13-24-18-8-4-3-6-15(17)18/h3-4,6,8-12,16-17H,2,5,7,13H2,1H3,(H2,21,22,23). The Bertz CT molecular complexity index is 675. The van der Waals surface area contributed by atoms with Gasteiger partial charge in [-0.05, 0) is 43.0 Å². The number of benzene rings is 1. The molecular formula is C19H23N3O2. The summed E-state index contributed by atoms with van der Waals surface area (Å²) in [5.41, 5.74) is 2.11. The zero-order valence-electron chi connectivity index (χ0n) is 13.9. The lowest BCUT2D eigenvalue weighted by Gasteiger charge is -2.22. The van der Waals surface area contributed by atoms with Gasteiger partial charge in [0.05, 0.1) is 18.7 Å². The number of aromatic nitrogens is 1. The zero-order chi connectivity index (χ0) is 16.8. The summed E-state index contributed by atoms with van der Waals surface area (Å²) < 4.78 is 5.75. The number of nitrogens with zero attached hydrogens (tertiary/aromatic N) is 1. The highest BCUT2D eigenvalue weighted by Gasteiger charge is 2.22. The largest absolute Gasteiger partial charge is 0.493 e. The van der Waals surface area contributed by atoms with Gasteiger partial charge in [0.2, 0.25) is 0 Å². The lowest BCUT2D eigenvalue weighted by atomic mass is 10.0. The number of pyridine rings is 1. The first-order chi connectivity index (χ1) is 11.8. The van der Waals surface area contributed by atoms with Gasteiger partial charge in [0.1, 0.15) is 5.75 Å². The molecule has 5 nitrogen and oxygen atoms in total. The van der Waals surface area contributed by atoms with Crippen molar-refractivity contribution in [1.29, 1.82) is 0 Å². The second-order valence-corrected chi connectivity index (χ2v) is 5.94. The second kappa shape index (κ2) is 7.81. The molecule has 1 aliphatic heterocycles. The minimum atomic E-state index is -0.152. The van der Waals surface area contributed by atoms with Crippen LogP contribution in [0.3, 0.4) is 0 Å². The fourth-order valence-electron chi connectivity index (χ4n) is 3.05. The van der Waals surface area contributed by atoms with Crippen LogP contribution in [0.2, 0.25) is 0 Å². The van der Waals surface area contributed by atoms with E-state index in [1.54, 1.807) is 12.4 Å². The number of para-hydroxylation sites is 1. The molecule has 24 heavy (non-hydrogen) atoms. The van der Waals surface area contributed by atoms with Crippen molar-refractivity contribution in [3.8, 4) is 5.75 Å². The average Bonchev–Trinajstić information content (AvgIpc) is 2.83. The Kier molecular flexibility index (Phi) is 5.31. The van der Waals surface area contributed by atoms with Gasteiger partial charge < -0.3 is 15.4 Å². The van der Waals surface area contributed by atoms with Crippen molar-refractivity contribution in [2.45, 2.75) is 38.3 Å². The Morgan fingerprint density at radius 1 is 1.29 bits per heavy atom. The van der Waals surface area contributed by atoms with E-state index in [4.69, 9.17) is 4.74 Å². The number of urea groups is 1. The Hall–Kier alpha value is -2.56. The van der Waals surface area contributed by atoms with Gasteiger partial charge in [-0.15, -0.1) is 0 Å². The van der Waals surface area contributed by atoms with Crippen molar-refractivity contribution in [3.05, 3.63) is 59.9 Å². The number of fused-ring (bicyclic) bond motifs is 1. The molecule has 5 heteroatoms. The predicted molar refractivity (Wildman–Crippen MR) is 92.8 cm³/mol. The van der Waals surface area contributed by atoms with Gasteiger partial charge in [0.25, 0.3) is 0 Å². The topological polar surface area (TPSA) is 63.2 Å². The van der Waals surface area contributed by atoms with Gasteiger partial charge >= 0.3 is 6.03 Å². The molecule has 3 rings (SSSR count). The molecule has 126 valence electrons. The molecule has 0 aliphatic carbocycles. The van der Waals surface area contributed by atoms with E-state index >= 15 is 0 Å². The molecule has 1 aliphatic rings. The second-order valence-electron chi connectivity index (χ2n) is 5.94. The first kappa shape index (κ1) is 16.3. The molecule has 2 unspecified atom stereocenters. The summed E-state index contributed by atoms with van der Waals surface area (Å²) in [5, 5.41) is 6.17. The Labute approximate surface area is 142 Å². The monoisotopic (exact) mass is 325 g/mol. The highest BCUT2D eigenvalue weighted by Crippen LogP contribution is 2.31. The van der Waals surface area contributed by atoms with E-state index in [1.165, 1.54) is 0 Å². The van der Waals surface area contributed by atoms with Crippen LogP contribution in [0.15, 0.2) is 48.8 Å². The van der Waals surface area contributed by atoms with Crippen molar-refractivity contribution in [2.75, 3.05) is 6.61 Å². The maximum Gasteiger partial charge on any atom is 0.315 e. The summed E-state index contributed by atoms with van der Waals surface area (Å²) in [6, 6.07) is 11.6. The van der Waals surface area contributed by atoms with Crippen LogP contribution < -0.4 is 15.4 Å². The fourth-order valence-corrected chi connectivity index (χ4v) is 3.05. The molecule has 2 aromatic rings. The first-order valence-corrected chi connectivity index (χ1v) is 8.46. The first-order valence-electron chi connectivity index (χ1n) is 8.46. The van der Waals surface area contributed by atoms with E-state index in [9.17, 15) is 4.79 Å². The van der Waals surface area contributed by atoms with Crippen molar-refractivity contribution < 1.29 is 9.53 Å². The average molecular weight is 325 g/mol. The number of amides is 2. The van der Waals surface area contributed by atoms with Crippen LogP contribution in [0, 0.1) is 0 Å². The number of rotatable bonds is 4. The highest BCUT2D eigenvalue weighted by molar-refractivity contribution is 5.75. The van der Waals surface area contributed by atoms with Gasteiger partial charge in [-0.25, -0.2) is 4.79 Å². The minimum absolute atomic E-state index is 0.0229. The van der Waals surface area contributed by atoms with Crippen LogP contribution >= 0.6 is 0 Å². The molecule has 2 atom stereocenters. The number of hydrogen-bond acceptors (Lipinski definition) is 3. The molecule has 0 saturated heterocycles. The van der Waals surface area contributed by atoms with Gasteiger partial charge in [-0.3, -0.25) is 4.98 Å². The number of carbonyl (C=O) groups is 1. The van der Waals surface area contributed by atoms with Gasteiger partial charge in [-0.2, -0.15) is 0 Å². The molecule has 0 spiro atoms. The summed E-state index contributed by atoms with van der Waals surface area (Å²) in [6.07, 6.45) is 6.10. The van der Waals surface area contributed by atoms with E-state index in [0.717, 1.165) is 36.1 Å².